The van der Waals surface area contributed by atoms with Gasteiger partial charge in [-0.25, -0.2) is 17.1 Å². The van der Waals surface area contributed by atoms with Crippen molar-refractivity contribution in [2.24, 2.45) is 0 Å². The van der Waals surface area contributed by atoms with Gasteiger partial charge in [0.2, 0.25) is 0 Å². The van der Waals surface area contributed by atoms with Crippen LogP contribution in [-0.2, 0) is 0 Å². The molecule has 0 amide bonds. The number of carboxylic acid groups (broad SMARTS) is 1. The summed E-state index contributed by atoms with van der Waals surface area (Å²) in [6.45, 7) is 1.54. The van der Waals surface area contributed by atoms with E-state index in [4.69, 9.17) is 0 Å². The Kier molecular flexibility index (Phi) is 5.61. The van der Waals surface area contributed by atoms with Gasteiger partial charge in [0.1, 0.15) is 0 Å². The predicted octanol–water partition coefficient (Wildman–Crippen LogP) is 5.94. The van der Waals surface area contributed by atoms with Gasteiger partial charge in [-0.05, 0) is 27.6 Å². The first-order valence-electron chi connectivity index (χ1n) is 7.54. The monoisotopic (exact) mass is 350 g/mol. The Morgan fingerprint density at radius 2 is 1.42 bits per heavy atom. The van der Waals surface area contributed by atoms with Crippen LogP contribution >= 0.6 is 0 Å². The lowest BCUT2D eigenvalue weighted by Crippen LogP contribution is -2.12. The Morgan fingerprint density at radius 3 is 1.75 bits per heavy atom. The minimum absolute atomic E-state index is 0.246. The van der Waals surface area contributed by atoms with E-state index in [2.05, 4.69) is 0 Å². The van der Waals surface area contributed by atoms with Gasteiger partial charge in [0.25, 0.3) is 0 Å². The Labute approximate surface area is 139 Å². The summed E-state index contributed by atoms with van der Waals surface area (Å²) in [6, 6.07) is 16.7. The van der Waals surface area contributed by atoms with Crippen molar-refractivity contribution in [2.45, 2.75) is 19.4 Å². The van der Waals surface area contributed by atoms with Crippen LogP contribution < -0.4 is 0 Å². The van der Waals surface area contributed by atoms with Crippen molar-refractivity contribution in [2.75, 3.05) is 0 Å². The van der Waals surface area contributed by atoms with E-state index in [1.165, 1.54) is 0 Å². The van der Waals surface area contributed by atoms with E-state index in [1.54, 1.807) is 6.92 Å². The first kappa shape index (κ1) is 18.0. The number of carboxylic acids is 1. The number of aromatic carboxylic acids is 1. The van der Waals surface area contributed by atoms with E-state index in [0.29, 0.717) is 5.56 Å². The lowest BCUT2D eigenvalue weighted by Gasteiger charge is -2.07. The maximum Gasteiger partial charge on any atom is 0.616 e. The highest BCUT2D eigenvalue weighted by molar-refractivity contribution is 6.58. The summed E-state index contributed by atoms with van der Waals surface area (Å²) >= 11 is 0. The molecule has 0 saturated heterocycles. The minimum atomic E-state index is -5.16. The summed E-state index contributed by atoms with van der Waals surface area (Å²) in [5.41, 5.74) is 0.388. The maximum atomic E-state index is 11.4. The molecule has 3 aromatic rings. The molecule has 0 aromatic heterocycles. The second-order valence-corrected chi connectivity index (χ2v) is 7.09. The van der Waals surface area contributed by atoms with Crippen molar-refractivity contribution in [1.29, 1.82) is 0 Å². The summed E-state index contributed by atoms with van der Waals surface area (Å²) in [6.07, 6.45) is 0.246. The van der Waals surface area contributed by atoms with Crippen LogP contribution in [0.4, 0.5) is 12.3 Å². The zero-order valence-corrected chi connectivity index (χ0v) is 14.1. The molecule has 0 aliphatic carbocycles. The van der Waals surface area contributed by atoms with E-state index < -0.39 is 21.1 Å². The first-order chi connectivity index (χ1) is 11.3. The Morgan fingerprint density at radius 1 is 0.958 bits per heavy atom. The summed E-state index contributed by atoms with van der Waals surface area (Å²) in [5.74, 6) is -0.877. The van der Waals surface area contributed by atoms with Gasteiger partial charge in [-0.1, -0.05) is 61.9 Å². The smallest absolute Gasteiger partial charge is 0.478 e. The van der Waals surface area contributed by atoms with E-state index in [-0.39, 0.29) is 6.42 Å². The van der Waals surface area contributed by atoms with Crippen molar-refractivity contribution < 1.29 is 22.2 Å². The van der Waals surface area contributed by atoms with Crippen molar-refractivity contribution in [3.63, 3.8) is 0 Å². The standard InChI is InChI=1S/C15H10O2.C3H7F3Si/c16-15(17)14-12-7-3-1-5-10(12)9-11-6-2-4-8-13(11)14;1-2-3-7(4,5)6/h1-9H,(H,16,17);2-3H2,1H3. The SMILES string of the molecule is CCC[Si](F)(F)F.O=C(O)c1c2ccccc2cc2ccccc12. The highest BCUT2D eigenvalue weighted by atomic mass is 28.5. The minimum Gasteiger partial charge on any atom is -0.478 e. The topological polar surface area (TPSA) is 37.3 Å². The fourth-order valence-corrected chi connectivity index (χ4v) is 3.09. The van der Waals surface area contributed by atoms with E-state index in [9.17, 15) is 22.2 Å². The van der Waals surface area contributed by atoms with Gasteiger partial charge in [0.15, 0.2) is 0 Å². The normalized spacial score (nSPS) is 11.2. The van der Waals surface area contributed by atoms with Crippen molar-refractivity contribution in [3.05, 3.63) is 60.2 Å². The average Bonchev–Trinajstić information content (AvgIpc) is 2.51. The summed E-state index contributed by atoms with van der Waals surface area (Å²) in [5, 5.41) is 12.9. The lowest BCUT2D eigenvalue weighted by molar-refractivity contribution is 0.0701. The van der Waals surface area contributed by atoms with Crippen LogP contribution in [-0.4, -0.2) is 20.2 Å². The summed E-state index contributed by atoms with van der Waals surface area (Å²) < 4.78 is 33.6. The third-order valence-electron chi connectivity index (χ3n) is 3.52. The average molecular weight is 350 g/mol. The third-order valence-corrected chi connectivity index (χ3v) is 4.59. The number of hydrogen-bond donors (Lipinski definition) is 1. The van der Waals surface area contributed by atoms with Crippen LogP contribution in [0.2, 0.25) is 6.04 Å². The molecule has 2 nitrogen and oxygen atoms in total. The van der Waals surface area contributed by atoms with Crippen LogP contribution in [0, 0.1) is 0 Å². The summed E-state index contributed by atoms with van der Waals surface area (Å²) in [7, 11) is -5.16. The van der Waals surface area contributed by atoms with Crippen LogP contribution in [0.1, 0.15) is 23.7 Å². The van der Waals surface area contributed by atoms with Crippen molar-refractivity contribution >= 4 is 36.6 Å². The Balaban J connectivity index is 0.000000256. The number of rotatable bonds is 3. The number of carbonyl (C=O) groups is 1. The van der Waals surface area contributed by atoms with Crippen molar-refractivity contribution in [3.8, 4) is 0 Å². The molecule has 0 aliphatic rings. The van der Waals surface area contributed by atoms with Gasteiger partial charge < -0.3 is 5.11 Å². The van der Waals surface area contributed by atoms with Gasteiger partial charge in [0, 0.05) is 6.04 Å². The number of benzene rings is 3. The second-order valence-electron chi connectivity index (χ2n) is 5.36. The second kappa shape index (κ2) is 7.48. The molecule has 0 radical (unpaired) electrons. The Bertz CT molecular complexity index is 806. The van der Waals surface area contributed by atoms with Crippen LogP contribution in [0.3, 0.4) is 0 Å². The summed E-state index contributed by atoms with van der Waals surface area (Å²) in [4.78, 5) is 11.4. The zero-order chi connectivity index (χ0) is 17.7. The lowest BCUT2D eigenvalue weighted by atomic mass is 9.97. The van der Waals surface area contributed by atoms with E-state index >= 15 is 0 Å². The van der Waals surface area contributed by atoms with Gasteiger partial charge in [0.05, 0.1) is 5.56 Å². The first-order valence-corrected chi connectivity index (χ1v) is 9.38. The number of halogens is 3. The number of hydrogen-bond acceptors (Lipinski definition) is 1. The molecular formula is C18H17F3O2Si. The zero-order valence-electron chi connectivity index (χ0n) is 13.1. The Hall–Kier alpha value is -2.34. The van der Waals surface area contributed by atoms with Crippen LogP contribution in [0.15, 0.2) is 54.6 Å². The molecule has 0 atom stereocenters. The molecule has 0 spiro atoms. The molecule has 0 saturated carbocycles. The van der Waals surface area contributed by atoms with Crippen LogP contribution in [0.5, 0.6) is 0 Å². The molecule has 3 aromatic carbocycles. The molecule has 6 heteroatoms. The van der Waals surface area contributed by atoms with Gasteiger partial charge in [-0.2, -0.15) is 0 Å². The molecule has 0 bridgehead atoms. The quantitative estimate of drug-likeness (QED) is 0.361. The van der Waals surface area contributed by atoms with Crippen LogP contribution in [0.25, 0.3) is 21.5 Å². The highest BCUT2D eigenvalue weighted by Gasteiger charge is 2.34. The highest BCUT2D eigenvalue weighted by Crippen LogP contribution is 2.28. The molecule has 126 valence electrons. The molecule has 3 rings (SSSR count). The molecule has 0 fully saturated rings. The third kappa shape index (κ3) is 4.35. The molecule has 0 unspecified atom stereocenters. The van der Waals surface area contributed by atoms with Crippen molar-refractivity contribution in [1.82, 2.24) is 0 Å². The van der Waals surface area contributed by atoms with Gasteiger partial charge >= 0.3 is 15.0 Å². The molecule has 0 heterocycles. The van der Waals surface area contributed by atoms with Gasteiger partial charge in [-0.3, -0.25) is 0 Å². The van der Waals surface area contributed by atoms with Gasteiger partial charge in [-0.15, -0.1) is 0 Å². The molecule has 24 heavy (non-hydrogen) atoms. The fraction of sp³-hybridized carbons (Fsp3) is 0.167. The largest absolute Gasteiger partial charge is 0.616 e. The molecule has 0 aliphatic heterocycles. The number of fused-ring (bicyclic) bond motifs is 2. The fourth-order valence-electron chi connectivity index (χ4n) is 2.53. The molecule has 1 N–H and O–H groups in total. The van der Waals surface area contributed by atoms with E-state index in [1.807, 2.05) is 54.6 Å². The predicted molar refractivity (Wildman–Crippen MR) is 92.6 cm³/mol. The maximum absolute atomic E-state index is 11.4. The van der Waals surface area contributed by atoms with E-state index in [0.717, 1.165) is 21.5 Å². The molecular weight excluding hydrogens is 333 g/mol.